The number of phenolic OH excluding ortho intramolecular Hbond substituents is 1. The third-order valence-electron chi connectivity index (χ3n) is 5.22. The SMILES string of the molecule is CC(c1ccc(O)cc1)N1CCNCC12CCCCC2. The van der Waals surface area contributed by atoms with Crippen molar-refractivity contribution in [2.45, 2.75) is 50.6 Å². The quantitative estimate of drug-likeness (QED) is 0.870. The van der Waals surface area contributed by atoms with Crippen LogP contribution in [0.4, 0.5) is 0 Å². The van der Waals surface area contributed by atoms with Crippen LogP contribution in [0.25, 0.3) is 0 Å². The zero-order chi connectivity index (χ0) is 14.0. The maximum atomic E-state index is 9.47. The highest BCUT2D eigenvalue weighted by molar-refractivity contribution is 5.28. The zero-order valence-corrected chi connectivity index (χ0v) is 12.4. The van der Waals surface area contributed by atoms with Crippen molar-refractivity contribution in [3.63, 3.8) is 0 Å². The Hall–Kier alpha value is -1.06. The average Bonchev–Trinajstić information content (AvgIpc) is 2.49. The van der Waals surface area contributed by atoms with Gasteiger partial charge in [0.2, 0.25) is 0 Å². The van der Waals surface area contributed by atoms with Gasteiger partial charge in [0.15, 0.2) is 0 Å². The lowest BCUT2D eigenvalue weighted by atomic mass is 9.78. The Morgan fingerprint density at radius 1 is 1.15 bits per heavy atom. The van der Waals surface area contributed by atoms with Crippen LogP contribution in [-0.2, 0) is 0 Å². The highest BCUT2D eigenvalue weighted by Crippen LogP contribution is 2.39. The van der Waals surface area contributed by atoms with Crippen LogP contribution in [0, 0.1) is 0 Å². The Kier molecular flexibility index (Phi) is 3.99. The lowest BCUT2D eigenvalue weighted by Crippen LogP contribution is -2.62. The maximum absolute atomic E-state index is 9.47. The number of piperazine rings is 1. The first-order chi connectivity index (χ1) is 9.71. The number of phenols is 1. The lowest BCUT2D eigenvalue weighted by molar-refractivity contribution is -0.00279. The van der Waals surface area contributed by atoms with Gasteiger partial charge in [-0.2, -0.15) is 0 Å². The summed E-state index contributed by atoms with van der Waals surface area (Å²) in [6, 6.07) is 8.18. The second kappa shape index (κ2) is 5.74. The van der Waals surface area contributed by atoms with Crippen molar-refractivity contribution in [3.05, 3.63) is 29.8 Å². The van der Waals surface area contributed by atoms with E-state index < -0.39 is 0 Å². The van der Waals surface area contributed by atoms with E-state index in [2.05, 4.69) is 29.3 Å². The van der Waals surface area contributed by atoms with Gasteiger partial charge in [-0.05, 0) is 37.5 Å². The minimum atomic E-state index is 0.355. The molecule has 1 aromatic carbocycles. The van der Waals surface area contributed by atoms with E-state index in [4.69, 9.17) is 0 Å². The summed E-state index contributed by atoms with van der Waals surface area (Å²) in [5.41, 5.74) is 1.67. The Bertz CT molecular complexity index is 429. The first-order valence-electron chi connectivity index (χ1n) is 7.98. The molecule has 1 atom stereocenters. The van der Waals surface area contributed by atoms with Crippen molar-refractivity contribution in [1.82, 2.24) is 10.2 Å². The van der Waals surface area contributed by atoms with Gasteiger partial charge in [-0.15, -0.1) is 0 Å². The Labute approximate surface area is 122 Å². The molecule has 1 saturated carbocycles. The molecule has 1 aliphatic carbocycles. The van der Waals surface area contributed by atoms with Gasteiger partial charge in [0.1, 0.15) is 5.75 Å². The van der Waals surface area contributed by atoms with Crippen LogP contribution in [0.3, 0.4) is 0 Å². The molecular formula is C17H26N2O. The number of nitrogens with one attached hydrogen (secondary N) is 1. The standard InChI is InChI=1S/C17H26N2O/c1-14(15-5-7-16(20)8-6-15)19-12-11-18-13-17(19)9-3-2-4-10-17/h5-8,14,18,20H,2-4,9-13H2,1H3. The lowest BCUT2D eigenvalue weighted by Gasteiger charge is -2.52. The molecule has 1 heterocycles. The summed E-state index contributed by atoms with van der Waals surface area (Å²) in [7, 11) is 0. The fraction of sp³-hybridized carbons (Fsp3) is 0.647. The van der Waals surface area contributed by atoms with Crippen molar-refractivity contribution in [2.24, 2.45) is 0 Å². The van der Waals surface area contributed by atoms with Gasteiger partial charge in [-0.1, -0.05) is 31.4 Å². The van der Waals surface area contributed by atoms with Gasteiger partial charge >= 0.3 is 0 Å². The Balaban J connectivity index is 1.83. The zero-order valence-electron chi connectivity index (χ0n) is 12.4. The van der Waals surface area contributed by atoms with Crippen molar-refractivity contribution < 1.29 is 5.11 Å². The van der Waals surface area contributed by atoms with E-state index in [1.807, 2.05) is 12.1 Å². The van der Waals surface area contributed by atoms with Crippen molar-refractivity contribution >= 4 is 0 Å². The predicted octanol–water partition coefficient (Wildman–Crippen LogP) is 3.06. The van der Waals surface area contributed by atoms with Crippen LogP contribution >= 0.6 is 0 Å². The fourth-order valence-corrected chi connectivity index (χ4v) is 4.07. The van der Waals surface area contributed by atoms with E-state index in [1.165, 1.54) is 37.7 Å². The summed E-state index contributed by atoms with van der Waals surface area (Å²) < 4.78 is 0. The largest absolute Gasteiger partial charge is 0.508 e. The molecule has 0 aromatic heterocycles. The minimum absolute atomic E-state index is 0.355. The second-order valence-corrected chi connectivity index (χ2v) is 6.42. The third kappa shape index (κ3) is 2.57. The number of nitrogens with zero attached hydrogens (tertiary/aromatic N) is 1. The van der Waals surface area contributed by atoms with E-state index in [0.717, 1.165) is 19.6 Å². The molecule has 3 nitrogen and oxygen atoms in total. The van der Waals surface area contributed by atoms with Crippen LogP contribution in [0.5, 0.6) is 5.75 Å². The molecule has 1 aliphatic heterocycles. The molecule has 1 aromatic rings. The number of rotatable bonds is 2. The Morgan fingerprint density at radius 3 is 2.55 bits per heavy atom. The number of benzene rings is 1. The summed E-state index contributed by atoms with van der Waals surface area (Å²) in [5, 5.41) is 13.1. The summed E-state index contributed by atoms with van der Waals surface area (Å²) in [6.07, 6.45) is 6.76. The molecule has 0 radical (unpaired) electrons. The molecule has 2 fully saturated rings. The molecule has 2 aliphatic rings. The van der Waals surface area contributed by atoms with Gasteiger partial charge < -0.3 is 10.4 Å². The summed E-state index contributed by atoms with van der Waals surface area (Å²) in [6.45, 7) is 5.66. The van der Waals surface area contributed by atoms with Crippen molar-refractivity contribution in [3.8, 4) is 5.75 Å². The highest BCUT2D eigenvalue weighted by Gasteiger charge is 2.41. The van der Waals surface area contributed by atoms with E-state index in [-0.39, 0.29) is 0 Å². The van der Waals surface area contributed by atoms with Crippen LogP contribution in [0.1, 0.15) is 50.6 Å². The molecule has 1 saturated heterocycles. The number of hydrogen-bond donors (Lipinski definition) is 2. The Morgan fingerprint density at radius 2 is 1.85 bits per heavy atom. The van der Waals surface area contributed by atoms with E-state index in [9.17, 15) is 5.11 Å². The summed E-state index contributed by atoms with van der Waals surface area (Å²) >= 11 is 0. The van der Waals surface area contributed by atoms with Gasteiger partial charge in [0.25, 0.3) is 0 Å². The van der Waals surface area contributed by atoms with E-state index >= 15 is 0 Å². The number of hydrogen-bond acceptors (Lipinski definition) is 3. The van der Waals surface area contributed by atoms with E-state index in [0.29, 0.717) is 17.3 Å². The first kappa shape index (κ1) is 13.9. The highest BCUT2D eigenvalue weighted by atomic mass is 16.3. The van der Waals surface area contributed by atoms with Gasteiger partial charge in [-0.25, -0.2) is 0 Å². The average molecular weight is 274 g/mol. The number of aromatic hydroxyl groups is 1. The molecule has 2 N–H and O–H groups in total. The van der Waals surface area contributed by atoms with Gasteiger partial charge in [0.05, 0.1) is 0 Å². The molecule has 20 heavy (non-hydrogen) atoms. The van der Waals surface area contributed by atoms with Crippen LogP contribution in [-0.4, -0.2) is 35.2 Å². The smallest absolute Gasteiger partial charge is 0.115 e. The fourth-order valence-electron chi connectivity index (χ4n) is 4.07. The topological polar surface area (TPSA) is 35.5 Å². The molecule has 1 unspecified atom stereocenters. The monoisotopic (exact) mass is 274 g/mol. The normalized spacial score (nSPS) is 24.6. The molecular weight excluding hydrogens is 248 g/mol. The van der Waals surface area contributed by atoms with Gasteiger partial charge in [-0.3, -0.25) is 4.90 Å². The van der Waals surface area contributed by atoms with Crippen molar-refractivity contribution in [1.29, 1.82) is 0 Å². The molecule has 0 amide bonds. The molecule has 0 bridgehead atoms. The van der Waals surface area contributed by atoms with Gasteiger partial charge in [0, 0.05) is 31.2 Å². The minimum Gasteiger partial charge on any atom is -0.508 e. The first-order valence-corrected chi connectivity index (χ1v) is 7.98. The molecule has 3 rings (SSSR count). The molecule has 1 spiro atoms. The summed E-state index contributed by atoms with van der Waals surface area (Å²) in [5.74, 6) is 0.355. The molecule has 3 heteroatoms. The third-order valence-corrected chi connectivity index (χ3v) is 5.22. The van der Waals surface area contributed by atoms with E-state index in [1.54, 1.807) is 0 Å². The maximum Gasteiger partial charge on any atom is 0.115 e. The predicted molar refractivity (Wildman–Crippen MR) is 81.9 cm³/mol. The van der Waals surface area contributed by atoms with Crippen LogP contribution < -0.4 is 5.32 Å². The van der Waals surface area contributed by atoms with Crippen LogP contribution in [0.15, 0.2) is 24.3 Å². The second-order valence-electron chi connectivity index (χ2n) is 6.42. The summed E-state index contributed by atoms with van der Waals surface area (Å²) in [4.78, 5) is 2.72. The van der Waals surface area contributed by atoms with Crippen molar-refractivity contribution in [2.75, 3.05) is 19.6 Å². The van der Waals surface area contributed by atoms with Crippen LogP contribution in [0.2, 0.25) is 0 Å². The molecule has 110 valence electrons.